The van der Waals surface area contributed by atoms with Crippen LogP contribution in [-0.4, -0.2) is 17.4 Å². The minimum atomic E-state index is -0.426. The average Bonchev–Trinajstić information content (AvgIpc) is 2.29. The Bertz CT molecular complexity index is 399. The topological polar surface area (TPSA) is 72.2 Å². The van der Waals surface area contributed by atoms with E-state index >= 15 is 0 Å². The molecular formula is C12H16N2O3. The summed E-state index contributed by atoms with van der Waals surface area (Å²) in [5.41, 5.74) is 1.06. The zero-order valence-corrected chi connectivity index (χ0v) is 9.97. The molecule has 0 aliphatic rings. The highest BCUT2D eigenvalue weighted by atomic mass is 16.6. The number of non-ortho nitro benzene ring substituents is 1. The van der Waals surface area contributed by atoms with E-state index in [4.69, 9.17) is 0 Å². The predicted molar refractivity (Wildman–Crippen MR) is 64.6 cm³/mol. The van der Waals surface area contributed by atoms with E-state index in [-0.39, 0.29) is 17.5 Å². The minimum Gasteiger partial charge on any atom is -0.356 e. The molecule has 0 saturated heterocycles. The predicted octanol–water partition coefficient (Wildman–Crippen LogP) is 1.91. The Hall–Kier alpha value is -1.91. The lowest BCUT2D eigenvalue weighted by Gasteiger charge is -2.07. The van der Waals surface area contributed by atoms with Crippen LogP contribution in [0.5, 0.6) is 0 Å². The van der Waals surface area contributed by atoms with Crippen molar-refractivity contribution in [1.82, 2.24) is 5.32 Å². The first kappa shape index (κ1) is 13.2. The standard InChI is InChI=1S/C12H16N2O3/c1-9(2)12(15)13-8-7-10-3-5-11(6-4-10)14(16)17/h3-6,9H,7-8H2,1-2H3,(H,13,15). The molecule has 1 N–H and O–H groups in total. The third kappa shape index (κ3) is 4.22. The normalized spacial score (nSPS) is 10.3. The van der Waals surface area contributed by atoms with Crippen LogP contribution in [0.2, 0.25) is 0 Å². The second-order valence-electron chi connectivity index (χ2n) is 4.12. The molecule has 0 unspecified atom stereocenters. The van der Waals surface area contributed by atoms with Crippen LogP contribution in [0.15, 0.2) is 24.3 Å². The van der Waals surface area contributed by atoms with Gasteiger partial charge in [-0.2, -0.15) is 0 Å². The zero-order chi connectivity index (χ0) is 12.8. The van der Waals surface area contributed by atoms with Gasteiger partial charge in [-0.05, 0) is 12.0 Å². The molecular weight excluding hydrogens is 220 g/mol. The minimum absolute atomic E-state index is 0.0203. The summed E-state index contributed by atoms with van der Waals surface area (Å²) >= 11 is 0. The maximum atomic E-state index is 11.3. The highest BCUT2D eigenvalue weighted by Gasteiger charge is 2.06. The quantitative estimate of drug-likeness (QED) is 0.627. The molecule has 0 aliphatic heterocycles. The fourth-order valence-electron chi connectivity index (χ4n) is 1.32. The molecule has 1 amide bonds. The first-order chi connectivity index (χ1) is 8.00. The summed E-state index contributed by atoms with van der Waals surface area (Å²) in [5.74, 6) is -0.00114. The molecule has 0 saturated carbocycles. The van der Waals surface area contributed by atoms with E-state index in [1.807, 2.05) is 13.8 Å². The Morgan fingerprint density at radius 2 is 1.94 bits per heavy atom. The van der Waals surface area contributed by atoms with Gasteiger partial charge in [-0.25, -0.2) is 0 Å². The van der Waals surface area contributed by atoms with Gasteiger partial charge in [-0.15, -0.1) is 0 Å². The Balaban J connectivity index is 2.42. The number of nitrogens with one attached hydrogen (secondary N) is 1. The van der Waals surface area contributed by atoms with Gasteiger partial charge in [0.05, 0.1) is 4.92 Å². The van der Waals surface area contributed by atoms with Gasteiger partial charge in [0, 0.05) is 24.6 Å². The number of carbonyl (C=O) groups excluding carboxylic acids is 1. The maximum absolute atomic E-state index is 11.3. The molecule has 0 atom stereocenters. The Kier molecular flexibility index (Phi) is 4.63. The van der Waals surface area contributed by atoms with E-state index in [2.05, 4.69) is 5.32 Å². The molecule has 0 bridgehead atoms. The van der Waals surface area contributed by atoms with E-state index in [0.717, 1.165) is 5.56 Å². The third-order valence-electron chi connectivity index (χ3n) is 2.38. The molecule has 0 radical (unpaired) electrons. The van der Waals surface area contributed by atoms with Crippen molar-refractivity contribution in [1.29, 1.82) is 0 Å². The number of hydrogen-bond acceptors (Lipinski definition) is 3. The molecule has 1 aromatic carbocycles. The first-order valence-electron chi connectivity index (χ1n) is 5.51. The molecule has 0 aliphatic carbocycles. The number of nitro groups is 1. The Morgan fingerprint density at radius 3 is 2.41 bits per heavy atom. The molecule has 17 heavy (non-hydrogen) atoms. The van der Waals surface area contributed by atoms with Crippen LogP contribution in [-0.2, 0) is 11.2 Å². The SMILES string of the molecule is CC(C)C(=O)NCCc1ccc([N+](=O)[O-])cc1. The maximum Gasteiger partial charge on any atom is 0.269 e. The fraction of sp³-hybridized carbons (Fsp3) is 0.417. The zero-order valence-electron chi connectivity index (χ0n) is 9.97. The van der Waals surface area contributed by atoms with Crippen LogP contribution in [0.3, 0.4) is 0 Å². The van der Waals surface area contributed by atoms with Gasteiger partial charge < -0.3 is 5.32 Å². The van der Waals surface area contributed by atoms with Crippen LogP contribution >= 0.6 is 0 Å². The monoisotopic (exact) mass is 236 g/mol. The molecule has 0 heterocycles. The second kappa shape index (κ2) is 5.98. The van der Waals surface area contributed by atoms with Gasteiger partial charge >= 0.3 is 0 Å². The lowest BCUT2D eigenvalue weighted by molar-refractivity contribution is -0.384. The van der Waals surface area contributed by atoms with Crippen molar-refractivity contribution >= 4 is 11.6 Å². The van der Waals surface area contributed by atoms with Gasteiger partial charge in [-0.3, -0.25) is 14.9 Å². The molecule has 0 fully saturated rings. The van der Waals surface area contributed by atoms with Gasteiger partial charge in [0.1, 0.15) is 0 Å². The second-order valence-corrected chi connectivity index (χ2v) is 4.12. The largest absolute Gasteiger partial charge is 0.356 e. The summed E-state index contributed by atoms with van der Waals surface area (Å²) in [6.45, 7) is 4.22. The summed E-state index contributed by atoms with van der Waals surface area (Å²) in [7, 11) is 0. The van der Waals surface area contributed by atoms with Crippen LogP contribution in [0.1, 0.15) is 19.4 Å². The number of nitrogens with zero attached hydrogens (tertiary/aromatic N) is 1. The lowest BCUT2D eigenvalue weighted by atomic mass is 10.1. The van der Waals surface area contributed by atoms with Crippen molar-refractivity contribution in [3.05, 3.63) is 39.9 Å². The number of nitro benzene ring substituents is 1. The number of carbonyl (C=O) groups is 1. The molecule has 5 heteroatoms. The van der Waals surface area contributed by atoms with Crippen molar-refractivity contribution in [3.63, 3.8) is 0 Å². The van der Waals surface area contributed by atoms with E-state index in [1.54, 1.807) is 12.1 Å². The van der Waals surface area contributed by atoms with E-state index in [9.17, 15) is 14.9 Å². The Labute approximate surface area is 100.0 Å². The highest BCUT2D eigenvalue weighted by molar-refractivity contribution is 5.77. The van der Waals surface area contributed by atoms with Gasteiger partial charge in [0.15, 0.2) is 0 Å². The van der Waals surface area contributed by atoms with Crippen LogP contribution in [0, 0.1) is 16.0 Å². The van der Waals surface area contributed by atoms with Crippen molar-refractivity contribution in [2.75, 3.05) is 6.54 Å². The summed E-state index contributed by atoms with van der Waals surface area (Å²) in [4.78, 5) is 21.3. The van der Waals surface area contributed by atoms with Crippen molar-refractivity contribution < 1.29 is 9.72 Å². The summed E-state index contributed by atoms with van der Waals surface area (Å²) in [6.07, 6.45) is 0.677. The fourth-order valence-corrected chi connectivity index (χ4v) is 1.32. The summed E-state index contributed by atoms with van der Waals surface area (Å²) in [5, 5.41) is 13.2. The van der Waals surface area contributed by atoms with E-state index in [0.29, 0.717) is 13.0 Å². The molecule has 92 valence electrons. The van der Waals surface area contributed by atoms with Gasteiger partial charge in [-0.1, -0.05) is 26.0 Å². The van der Waals surface area contributed by atoms with Crippen molar-refractivity contribution in [2.24, 2.45) is 5.92 Å². The first-order valence-corrected chi connectivity index (χ1v) is 5.51. The van der Waals surface area contributed by atoms with Crippen LogP contribution in [0.25, 0.3) is 0 Å². The molecule has 0 spiro atoms. The summed E-state index contributed by atoms with van der Waals surface area (Å²) < 4.78 is 0. The molecule has 1 aromatic rings. The van der Waals surface area contributed by atoms with E-state index in [1.165, 1.54) is 12.1 Å². The molecule has 0 aromatic heterocycles. The number of amides is 1. The number of benzene rings is 1. The average molecular weight is 236 g/mol. The molecule has 5 nitrogen and oxygen atoms in total. The van der Waals surface area contributed by atoms with Crippen LogP contribution in [0.4, 0.5) is 5.69 Å². The highest BCUT2D eigenvalue weighted by Crippen LogP contribution is 2.11. The molecule has 1 rings (SSSR count). The van der Waals surface area contributed by atoms with Crippen molar-refractivity contribution in [3.8, 4) is 0 Å². The third-order valence-corrected chi connectivity index (χ3v) is 2.38. The van der Waals surface area contributed by atoms with Gasteiger partial charge in [0.25, 0.3) is 5.69 Å². The van der Waals surface area contributed by atoms with Crippen molar-refractivity contribution in [2.45, 2.75) is 20.3 Å². The van der Waals surface area contributed by atoms with Crippen LogP contribution < -0.4 is 5.32 Å². The summed E-state index contributed by atoms with van der Waals surface area (Å²) in [6, 6.07) is 6.36. The Morgan fingerprint density at radius 1 is 1.35 bits per heavy atom. The lowest BCUT2D eigenvalue weighted by Crippen LogP contribution is -2.29. The van der Waals surface area contributed by atoms with Gasteiger partial charge in [0.2, 0.25) is 5.91 Å². The number of rotatable bonds is 5. The number of hydrogen-bond donors (Lipinski definition) is 1. The smallest absolute Gasteiger partial charge is 0.269 e. The van der Waals surface area contributed by atoms with E-state index < -0.39 is 4.92 Å².